The molecule has 3 aromatic rings. The van der Waals surface area contributed by atoms with Crippen molar-refractivity contribution >= 4 is 22.5 Å². The number of aryl methyl sites for hydroxylation is 1. The lowest BCUT2D eigenvalue weighted by Gasteiger charge is -2.13. The molecule has 0 aliphatic carbocycles. The van der Waals surface area contributed by atoms with Crippen LogP contribution in [0.4, 0.5) is 5.82 Å². The maximum absolute atomic E-state index is 12.6. The number of hydrogen-bond donors (Lipinski definition) is 2. The fraction of sp³-hybridized carbons (Fsp3) is 0.118. The van der Waals surface area contributed by atoms with E-state index in [2.05, 4.69) is 10.3 Å². The van der Waals surface area contributed by atoms with E-state index in [0.29, 0.717) is 16.6 Å². The number of amides is 1. The van der Waals surface area contributed by atoms with E-state index in [1.165, 1.54) is 7.05 Å². The van der Waals surface area contributed by atoms with Crippen LogP contribution in [0.1, 0.15) is 15.9 Å². The number of benzene rings is 1. The first-order chi connectivity index (χ1) is 11.0. The van der Waals surface area contributed by atoms with Gasteiger partial charge in [-0.3, -0.25) is 14.2 Å². The number of hydrogen-bond acceptors (Lipinski definition) is 4. The number of nitrogens with one attached hydrogen (secondary N) is 1. The molecule has 2 aromatic heterocycles. The molecule has 6 heteroatoms. The summed E-state index contributed by atoms with van der Waals surface area (Å²) in [4.78, 5) is 28.9. The Hall–Kier alpha value is -3.15. The predicted octanol–water partition coefficient (Wildman–Crippen LogP) is 2.20. The minimum atomic E-state index is -0.521. The molecule has 0 fully saturated rings. The first kappa shape index (κ1) is 14.8. The summed E-state index contributed by atoms with van der Waals surface area (Å²) in [6.07, 6.45) is 1.55. The normalized spacial score (nSPS) is 10.7. The maximum Gasteiger partial charge on any atom is 0.262 e. The molecule has 3 rings (SSSR count). The van der Waals surface area contributed by atoms with E-state index in [4.69, 9.17) is 0 Å². The number of aromatic nitrogens is 2. The topological polar surface area (TPSA) is 84.2 Å². The zero-order valence-electron chi connectivity index (χ0n) is 12.7. The molecule has 0 saturated heterocycles. The molecule has 1 aromatic carbocycles. The number of nitrogens with zero attached hydrogens (tertiary/aromatic N) is 2. The van der Waals surface area contributed by atoms with Crippen LogP contribution in [-0.4, -0.2) is 20.6 Å². The quantitative estimate of drug-likeness (QED) is 0.760. The van der Waals surface area contributed by atoms with E-state index >= 15 is 0 Å². The SMILES string of the molecule is Cc1ccc2c(=O)n(C)c(O)c(C(=O)Nc3ccccn3)c2c1. The Morgan fingerprint density at radius 2 is 2.00 bits per heavy atom. The fourth-order valence-electron chi connectivity index (χ4n) is 2.46. The van der Waals surface area contributed by atoms with Gasteiger partial charge in [0.2, 0.25) is 5.88 Å². The van der Waals surface area contributed by atoms with Crippen LogP contribution in [0.3, 0.4) is 0 Å². The number of aromatic hydroxyl groups is 1. The van der Waals surface area contributed by atoms with Crippen LogP contribution >= 0.6 is 0 Å². The van der Waals surface area contributed by atoms with Gasteiger partial charge in [-0.2, -0.15) is 0 Å². The average molecular weight is 309 g/mol. The molecular weight excluding hydrogens is 294 g/mol. The average Bonchev–Trinajstić information content (AvgIpc) is 2.53. The van der Waals surface area contributed by atoms with Gasteiger partial charge >= 0.3 is 0 Å². The van der Waals surface area contributed by atoms with E-state index in [1.807, 2.05) is 6.92 Å². The third-order valence-corrected chi connectivity index (χ3v) is 3.65. The van der Waals surface area contributed by atoms with Crippen LogP contribution in [0.5, 0.6) is 5.88 Å². The first-order valence-electron chi connectivity index (χ1n) is 7.03. The summed E-state index contributed by atoms with van der Waals surface area (Å²) >= 11 is 0. The van der Waals surface area contributed by atoms with Crippen LogP contribution in [0, 0.1) is 6.92 Å². The molecule has 0 spiro atoms. The lowest BCUT2D eigenvalue weighted by molar-refractivity contribution is 0.102. The van der Waals surface area contributed by atoms with Crippen molar-refractivity contribution in [3.05, 3.63) is 64.1 Å². The van der Waals surface area contributed by atoms with E-state index in [-0.39, 0.29) is 17.0 Å². The molecule has 116 valence electrons. The van der Waals surface area contributed by atoms with Crippen molar-refractivity contribution in [2.75, 3.05) is 5.32 Å². The van der Waals surface area contributed by atoms with Crippen molar-refractivity contribution < 1.29 is 9.90 Å². The van der Waals surface area contributed by atoms with Gasteiger partial charge < -0.3 is 10.4 Å². The van der Waals surface area contributed by atoms with Gasteiger partial charge in [0.15, 0.2) is 0 Å². The molecule has 0 radical (unpaired) electrons. The van der Waals surface area contributed by atoms with Crippen molar-refractivity contribution in [3.8, 4) is 5.88 Å². The van der Waals surface area contributed by atoms with Gasteiger partial charge in [-0.25, -0.2) is 4.98 Å². The third-order valence-electron chi connectivity index (χ3n) is 3.65. The Morgan fingerprint density at radius 1 is 1.22 bits per heavy atom. The van der Waals surface area contributed by atoms with Gasteiger partial charge in [0, 0.05) is 24.0 Å². The van der Waals surface area contributed by atoms with Crippen molar-refractivity contribution in [2.45, 2.75) is 6.92 Å². The van der Waals surface area contributed by atoms with Crippen molar-refractivity contribution in [1.29, 1.82) is 0 Å². The molecule has 0 aliphatic heterocycles. The molecule has 23 heavy (non-hydrogen) atoms. The second-order valence-corrected chi connectivity index (χ2v) is 5.28. The lowest BCUT2D eigenvalue weighted by Crippen LogP contribution is -2.22. The molecular formula is C17H15N3O3. The summed E-state index contributed by atoms with van der Waals surface area (Å²) in [6, 6.07) is 10.3. The van der Waals surface area contributed by atoms with Crippen molar-refractivity contribution in [2.24, 2.45) is 7.05 Å². The minimum absolute atomic E-state index is 0.0523. The largest absolute Gasteiger partial charge is 0.494 e. The van der Waals surface area contributed by atoms with E-state index in [0.717, 1.165) is 10.1 Å². The smallest absolute Gasteiger partial charge is 0.262 e. The van der Waals surface area contributed by atoms with Gasteiger partial charge in [0.05, 0.1) is 0 Å². The Bertz CT molecular complexity index is 962. The van der Waals surface area contributed by atoms with Gasteiger partial charge in [-0.1, -0.05) is 23.8 Å². The number of carbonyl (C=O) groups excluding carboxylic acids is 1. The summed E-state index contributed by atoms with van der Waals surface area (Å²) in [5.74, 6) is -0.527. The Labute approximate surface area is 132 Å². The van der Waals surface area contributed by atoms with Crippen LogP contribution in [0.25, 0.3) is 10.8 Å². The minimum Gasteiger partial charge on any atom is -0.494 e. The van der Waals surface area contributed by atoms with Gasteiger partial charge in [-0.05, 0) is 25.1 Å². The number of rotatable bonds is 2. The molecule has 1 amide bonds. The molecule has 0 saturated carbocycles. The zero-order valence-corrected chi connectivity index (χ0v) is 12.7. The summed E-state index contributed by atoms with van der Waals surface area (Å²) in [7, 11) is 1.43. The molecule has 6 nitrogen and oxygen atoms in total. The zero-order chi connectivity index (χ0) is 16.6. The standard InChI is InChI=1S/C17H15N3O3/c1-10-6-7-11-12(9-10)14(17(23)20(2)16(11)22)15(21)19-13-5-3-4-8-18-13/h3-9,23H,1-2H3,(H,18,19,21). The van der Waals surface area contributed by atoms with E-state index < -0.39 is 5.91 Å². The van der Waals surface area contributed by atoms with Gasteiger partial charge in [0.25, 0.3) is 11.5 Å². The summed E-state index contributed by atoms with van der Waals surface area (Å²) in [6.45, 7) is 1.86. The van der Waals surface area contributed by atoms with E-state index in [1.54, 1.807) is 42.6 Å². The first-order valence-corrected chi connectivity index (χ1v) is 7.03. The molecule has 0 atom stereocenters. The maximum atomic E-state index is 12.6. The van der Waals surface area contributed by atoms with Crippen LogP contribution < -0.4 is 10.9 Å². The molecule has 2 heterocycles. The second kappa shape index (κ2) is 5.57. The predicted molar refractivity (Wildman–Crippen MR) is 87.8 cm³/mol. The number of fused-ring (bicyclic) bond motifs is 1. The van der Waals surface area contributed by atoms with Crippen LogP contribution in [-0.2, 0) is 7.05 Å². The highest BCUT2D eigenvalue weighted by Gasteiger charge is 2.20. The number of pyridine rings is 2. The molecule has 2 N–H and O–H groups in total. The Kier molecular flexibility index (Phi) is 3.57. The van der Waals surface area contributed by atoms with Crippen molar-refractivity contribution in [3.63, 3.8) is 0 Å². The summed E-state index contributed by atoms with van der Waals surface area (Å²) in [5.41, 5.74) is 0.584. The highest BCUT2D eigenvalue weighted by molar-refractivity contribution is 6.14. The monoisotopic (exact) mass is 309 g/mol. The van der Waals surface area contributed by atoms with Gasteiger partial charge in [0.1, 0.15) is 11.4 Å². The lowest BCUT2D eigenvalue weighted by atomic mass is 10.0. The summed E-state index contributed by atoms with van der Waals surface area (Å²) < 4.78 is 1.06. The number of anilines is 1. The van der Waals surface area contributed by atoms with Crippen molar-refractivity contribution in [1.82, 2.24) is 9.55 Å². The molecule has 0 aliphatic rings. The highest BCUT2D eigenvalue weighted by atomic mass is 16.3. The van der Waals surface area contributed by atoms with E-state index in [9.17, 15) is 14.7 Å². The van der Waals surface area contributed by atoms with Crippen LogP contribution in [0.15, 0.2) is 47.4 Å². The molecule has 0 unspecified atom stereocenters. The number of carbonyl (C=O) groups is 1. The fourth-order valence-corrected chi connectivity index (χ4v) is 2.46. The summed E-state index contributed by atoms with van der Waals surface area (Å²) in [5, 5.41) is 13.7. The molecule has 0 bridgehead atoms. The Morgan fingerprint density at radius 3 is 2.70 bits per heavy atom. The third kappa shape index (κ3) is 2.55. The van der Waals surface area contributed by atoms with Gasteiger partial charge in [-0.15, -0.1) is 0 Å². The second-order valence-electron chi connectivity index (χ2n) is 5.28. The highest BCUT2D eigenvalue weighted by Crippen LogP contribution is 2.25. The Balaban J connectivity index is 2.22. The van der Waals surface area contributed by atoms with Crippen LogP contribution in [0.2, 0.25) is 0 Å².